The Morgan fingerprint density at radius 1 is 1.13 bits per heavy atom. The molecule has 1 heterocycles. The third-order valence-electron chi connectivity index (χ3n) is 5.23. The standard InChI is InChI=1S/C21H22ClN3O5/c1-14-13-15(7-8-18(14)25(28)29)20(26)24-11-9-23(10-12-24)19(21(27)30-2)16-5-3-4-6-17(16)22/h3-8,13,19H,9-12H2,1-2H3. The number of hydrogen-bond donors (Lipinski definition) is 0. The summed E-state index contributed by atoms with van der Waals surface area (Å²) in [6, 6.07) is 10.8. The molecule has 0 saturated carbocycles. The van der Waals surface area contributed by atoms with Gasteiger partial charge in [0.25, 0.3) is 11.6 Å². The molecular weight excluding hydrogens is 410 g/mol. The number of nitrogens with zero attached hydrogens (tertiary/aromatic N) is 3. The van der Waals surface area contributed by atoms with Crippen molar-refractivity contribution >= 4 is 29.2 Å². The molecule has 9 heteroatoms. The highest BCUT2D eigenvalue weighted by atomic mass is 35.5. The number of nitro groups is 1. The molecule has 1 unspecified atom stereocenters. The van der Waals surface area contributed by atoms with Crippen LogP contribution in [0.1, 0.15) is 27.5 Å². The zero-order valence-corrected chi connectivity index (χ0v) is 17.5. The molecule has 0 bridgehead atoms. The summed E-state index contributed by atoms with van der Waals surface area (Å²) in [5.74, 6) is -0.603. The van der Waals surface area contributed by atoms with Gasteiger partial charge >= 0.3 is 5.97 Å². The molecule has 0 N–H and O–H groups in total. The second-order valence-electron chi connectivity index (χ2n) is 7.03. The molecule has 1 aliphatic heterocycles. The largest absolute Gasteiger partial charge is 0.468 e. The van der Waals surface area contributed by atoms with E-state index in [1.165, 1.54) is 25.3 Å². The van der Waals surface area contributed by atoms with Gasteiger partial charge in [-0.05, 0) is 30.7 Å². The Bertz CT molecular complexity index is 973. The van der Waals surface area contributed by atoms with Gasteiger partial charge in [0.1, 0.15) is 6.04 Å². The maximum atomic E-state index is 12.8. The molecule has 1 fully saturated rings. The van der Waals surface area contributed by atoms with Gasteiger partial charge in [-0.1, -0.05) is 29.8 Å². The Morgan fingerprint density at radius 3 is 2.37 bits per heavy atom. The van der Waals surface area contributed by atoms with Gasteiger partial charge in [-0.25, -0.2) is 4.79 Å². The predicted octanol–water partition coefficient (Wildman–Crippen LogP) is 3.23. The van der Waals surface area contributed by atoms with Crippen molar-refractivity contribution in [3.05, 3.63) is 74.3 Å². The Balaban J connectivity index is 1.73. The summed E-state index contributed by atoms with van der Waals surface area (Å²) in [6.07, 6.45) is 0. The highest BCUT2D eigenvalue weighted by molar-refractivity contribution is 6.31. The van der Waals surface area contributed by atoms with Crippen molar-refractivity contribution in [3.8, 4) is 0 Å². The van der Waals surface area contributed by atoms with Crippen LogP contribution in [-0.2, 0) is 9.53 Å². The molecule has 0 spiro atoms. The summed E-state index contributed by atoms with van der Waals surface area (Å²) in [5.41, 5.74) is 1.49. The van der Waals surface area contributed by atoms with E-state index in [1.807, 2.05) is 11.0 Å². The molecule has 8 nitrogen and oxygen atoms in total. The lowest BCUT2D eigenvalue weighted by molar-refractivity contribution is -0.385. The third kappa shape index (κ3) is 4.44. The third-order valence-corrected chi connectivity index (χ3v) is 5.58. The highest BCUT2D eigenvalue weighted by Crippen LogP contribution is 2.30. The number of halogens is 1. The van der Waals surface area contributed by atoms with Gasteiger partial charge < -0.3 is 9.64 Å². The van der Waals surface area contributed by atoms with Gasteiger partial charge in [0.15, 0.2) is 0 Å². The lowest BCUT2D eigenvalue weighted by Gasteiger charge is -2.38. The number of methoxy groups -OCH3 is 1. The maximum absolute atomic E-state index is 12.8. The summed E-state index contributed by atoms with van der Waals surface area (Å²) in [4.78, 5) is 39.5. The minimum atomic E-state index is -0.650. The van der Waals surface area contributed by atoms with Crippen LogP contribution in [0.15, 0.2) is 42.5 Å². The van der Waals surface area contributed by atoms with Gasteiger partial charge in [0.05, 0.1) is 12.0 Å². The van der Waals surface area contributed by atoms with Crippen LogP contribution in [0.2, 0.25) is 5.02 Å². The van der Waals surface area contributed by atoms with Gasteiger partial charge in [-0.15, -0.1) is 0 Å². The number of ether oxygens (including phenoxy) is 1. The van der Waals surface area contributed by atoms with E-state index in [4.69, 9.17) is 16.3 Å². The zero-order valence-electron chi connectivity index (χ0n) is 16.7. The summed E-state index contributed by atoms with van der Waals surface area (Å²) >= 11 is 6.30. The summed E-state index contributed by atoms with van der Waals surface area (Å²) in [7, 11) is 1.34. The number of rotatable bonds is 5. The molecule has 0 aromatic heterocycles. The first-order chi connectivity index (χ1) is 14.3. The summed E-state index contributed by atoms with van der Waals surface area (Å²) in [5, 5.41) is 11.5. The minimum absolute atomic E-state index is 0.0166. The van der Waals surface area contributed by atoms with E-state index in [1.54, 1.807) is 30.0 Å². The van der Waals surface area contributed by atoms with E-state index < -0.39 is 16.9 Å². The lowest BCUT2D eigenvalue weighted by Crippen LogP contribution is -2.51. The number of hydrogen-bond acceptors (Lipinski definition) is 6. The van der Waals surface area contributed by atoms with E-state index in [0.29, 0.717) is 47.9 Å². The van der Waals surface area contributed by atoms with Crippen molar-refractivity contribution in [2.75, 3.05) is 33.3 Å². The normalized spacial score (nSPS) is 15.5. The second kappa shape index (κ2) is 9.23. The molecule has 158 valence electrons. The van der Waals surface area contributed by atoms with E-state index in [2.05, 4.69) is 0 Å². The number of esters is 1. The average Bonchev–Trinajstić information content (AvgIpc) is 2.74. The second-order valence-corrected chi connectivity index (χ2v) is 7.44. The summed E-state index contributed by atoms with van der Waals surface area (Å²) in [6.45, 7) is 3.35. The molecule has 0 aliphatic carbocycles. The molecule has 1 atom stereocenters. The Labute approximate surface area is 179 Å². The summed E-state index contributed by atoms with van der Waals surface area (Å²) < 4.78 is 4.99. The van der Waals surface area contributed by atoms with Crippen molar-refractivity contribution in [1.29, 1.82) is 0 Å². The van der Waals surface area contributed by atoms with Crippen molar-refractivity contribution in [2.45, 2.75) is 13.0 Å². The SMILES string of the molecule is COC(=O)C(c1ccccc1Cl)N1CCN(C(=O)c2ccc([N+](=O)[O-])c(C)c2)CC1. The van der Waals surface area contributed by atoms with Crippen LogP contribution in [-0.4, -0.2) is 59.9 Å². The molecule has 1 amide bonds. The Kier molecular flexibility index (Phi) is 6.69. The van der Waals surface area contributed by atoms with Crippen LogP contribution >= 0.6 is 11.6 Å². The predicted molar refractivity (Wildman–Crippen MR) is 112 cm³/mol. The first-order valence-corrected chi connectivity index (χ1v) is 9.82. The van der Waals surface area contributed by atoms with Crippen molar-refractivity contribution in [2.24, 2.45) is 0 Å². The smallest absolute Gasteiger partial charge is 0.327 e. The Morgan fingerprint density at radius 2 is 1.80 bits per heavy atom. The molecule has 2 aromatic rings. The van der Waals surface area contributed by atoms with Crippen LogP contribution in [0.5, 0.6) is 0 Å². The van der Waals surface area contributed by atoms with Crippen LogP contribution in [0.25, 0.3) is 0 Å². The first-order valence-electron chi connectivity index (χ1n) is 9.44. The maximum Gasteiger partial charge on any atom is 0.327 e. The fourth-order valence-electron chi connectivity index (χ4n) is 3.64. The van der Waals surface area contributed by atoms with Gasteiger partial charge in [-0.3, -0.25) is 19.8 Å². The van der Waals surface area contributed by atoms with E-state index in [9.17, 15) is 19.7 Å². The number of carbonyl (C=O) groups is 2. The number of amides is 1. The zero-order chi connectivity index (χ0) is 21.8. The molecular formula is C21H22ClN3O5. The van der Waals surface area contributed by atoms with Crippen molar-refractivity contribution in [1.82, 2.24) is 9.80 Å². The van der Waals surface area contributed by atoms with Crippen LogP contribution in [0, 0.1) is 17.0 Å². The molecule has 1 saturated heterocycles. The van der Waals surface area contributed by atoms with E-state index in [-0.39, 0.29) is 11.6 Å². The van der Waals surface area contributed by atoms with Gasteiger partial charge in [-0.2, -0.15) is 0 Å². The average molecular weight is 432 g/mol. The van der Waals surface area contributed by atoms with Crippen LogP contribution < -0.4 is 0 Å². The lowest BCUT2D eigenvalue weighted by atomic mass is 10.0. The highest BCUT2D eigenvalue weighted by Gasteiger charge is 2.33. The van der Waals surface area contributed by atoms with E-state index in [0.717, 1.165) is 0 Å². The molecule has 30 heavy (non-hydrogen) atoms. The number of benzene rings is 2. The Hall–Kier alpha value is -2.97. The van der Waals surface area contributed by atoms with Crippen LogP contribution in [0.3, 0.4) is 0 Å². The number of piperazine rings is 1. The number of nitro benzene ring substituents is 1. The van der Waals surface area contributed by atoms with Gasteiger partial charge in [0, 0.05) is 48.4 Å². The molecule has 2 aromatic carbocycles. The first kappa shape index (κ1) is 21.7. The van der Waals surface area contributed by atoms with Crippen molar-refractivity contribution in [3.63, 3.8) is 0 Å². The van der Waals surface area contributed by atoms with Crippen molar-refractivity contribution < 1.29 is 19.2 Å². The quantitative estimate of drug-likeness (QED) is 0.410. The fourth-order valence-corrected chi connectivity index (χ4v) is 3.88. The molecule has 1 aliphatic rings. The minimum Gasteiger partial charge on any atom is -0.468 e. The van der Waals surface area contributed by atoms with Gasteiger partial charge in [0.2, 0.25) is 0 Å². The monoisotopic (exact) mass is 431 g/mol. The molecule has 3 rings (SSSR count). The fraction of sp³-hybridized carbons (Fsp3) is 0.333. The number of carbonyl (C=O) groups excluding carboxylic acids is 2. The topological polar surface area (TPSA) is 93.0 Å². The molecule has 0 radical (unpaired) electrons. The van der Waals surface area contributed by atoms with E-state index >= 15 is 0 Å². The van der Waals surface area contributed by atoms with Crippen LogP contribution in [0.4, 0.5) is 5.69 Å². The number of aryl methyl sites for hydroxylation is 1.